The van der Waals surface area contributed by atoms with Crippen molar-refractivity contribution < 1.29 is 177 Å². The molecule has 1 saturated heterocycles. The number of hydrogen-bond acceptors (Lipinski definition) is 32. The summed E-state index contributed by atoms with van der Waals surface area (Å²) in [4.78, 5) is 86.9. The molecule has 46 nitrogen and oxygen atoms in total. The van der Waals surface area contributed by atoms with Crippen molar-refractivity contribution in [1.29, 1.82) is 0 Å². The molecule has 4 heterocycles. The monoisotopic (exact) mass is 2010 g/mol. The van der Waals surface area contributed by atoms with Crippen LogP contribution in [0.1, 0.15) is 99.3 Å². The van der Waals surface area contributed by atoms with Crippen LogP contribution in [0.15, 0.2) is 144 Å². The molecule has 0 bridgehead atoms. The largest absolute Gasteiger partial charge is 0.744 e. The van der Waals surface area contributed by atoms with E-state index in [2.05, 4.69) is 23.8 Å². The van der Waals surface area contributed by atoms with Gasteiger partial charge in [0.25, 0.3) is 56.1 Å². The van der Waals surface area contributed by atoms with Crippen molar-refractivity contribution >= 4 is 146 Å². The SMILES string of the molecule is CN1C(=CC=C(C=CC2=[N+](C)c3ccc4c(S(=O)(=O)O)cc(S(=O)(=O)O)cc4c3C2(C)CCCS(=O)(=O)O)c2ccc(CCCCC(=O)NCCOCCOCCOCCOCCOCCC(=O)NC/C=C/c3cn([C@@H]4O[C@H](COP(=O)(O)OP(=O)(O)OP(=O)(O)O)[C@@H](O)[C@H]4O)c(=O)[nH]c3=O)cc2)C(C)(CCCS(=O)(=O)O)c2c1ccc1c(S(=O)(=O)[O-])cc(S(=O)(=O)O)cc21. The summed E-state index contributed by atoms with van der Waals surface area (Å²) in [5.41, 5.74) is -1.51. The molecule has 0 saturated carbocycles. The van der Waals surface area contributed by atoms with Crippen molar-refractivity contribution in [1.82, 2.24) is 20.2 Å². The summed E-state index contributed by atoms with van der Waals surface area (Å²) in [6.07, 6.45) is 3.61. The van der Waals surface area contributed by atoms with Gasteiger partial charge in [0, 0.05) is 79.1 Å². The number of H-pyrrole nitrogens is 1. The van der Waals surface area contributed by atoms with Crippen molar-refractivity contribution in [3.8, 4) is 0 Å². The van der Waals surface area contributed by atoms with Crippen LogP contribution in [0.5, 0.6) is 0 Å². The summed E-state index contributed by atoms with van der Waals surface area (Å²) in [5, 5.41) is 25.8. The number of aliphatic hydroxyl groups is 2. The van der Waals surface area contributed by atoms with Gasteiger partial charge < -0.3 is 78.3 Å². The standard InChI is InChI=1S/C75H97N6O40P3S6/c1-74(26-8-40-125(95,96)97)63(79(3)58-21-19-54-56(67(58)74)42-52(127(101,102)103)44-61(54)129(107,108)109)23-17-50(18-24-64-75(2,27-9-41-126(98,99)100)68-57-43-53(128(104,105)106)45-62(130(110,111)112)55(57)20-22-59(68)80(64)4)49-15-13-48(14-16-49)10-5-6-12-65(82)77-29-31-114-33-35-116-37-39-117-38-36-115-34-32-113-30-25-66(83)76-28-7-11-51-46-81(73(87)78-71(51)86)72-70(85)69(84)60(119-72)47-118-123(91,92)121-124(93,94)120-122(88,89)90/h7,11,13-24,42-46,60,69-70,72,84-85H,5-6,8-10,12,25-41,47H2,1-4H3,(H12-,76,77,78,82,83,86,87,88,89,90,91,92,93,94,95,96,97,98,99,100,101,102,103,104,105,106,107,108,109,110,111,112)/b11-7+/t60-,69-,70-,72-,74?,75?/m1/s1. The average Bonchev–Trinajstić information content (AvgIpc) is 1.56. The average molecular weight is 2010 g/mol. The molecule has 130 heavy (non-hydrogen) atoms. The van der Waals surface area contributed by atoms with E-state index in [1.54, 1.807) is 73.9 Å². The second kappa shape index (κ2) is 43.7. The quantitative estimate of drug-likeness (QED) is 0.00848. The van der Waals surface area contributed by atoms with E-state index in [1.807, 2.05) is 17.1 Å². The zero-order valence-corrected chi connectivity index (χ0v) is 77.2. The predicted octanol–water partition coefficient (Wildman–Crippen LogP) is 3.83. The number of phosphoric acid groups is 3. The van der Waals surface area contributed by atoms with Gasteiger partial charge in [0.1, 0.15) is 40.4 Å². The fourth-order valence-corrected chi connectivity index (χ4v) is 21.8. The number of allylic oxidation sites excluding steroid dienone is 6. The number of aryl methyl sites for hydroxylation is 1. The van der Waals surface area contributed by atoms with Gasteiger partial charge >= 0.3 is 29.2 Å². The van der Waals surface area contributed by atoms with Crippen molar-refractivity contribution in [2.24, 2.45) is 0 Å². The summed E-state index contributed by atoms with van der Waals surface area (Å²) in [6.45, 7) is 4.20. The first-order valence-corrected chi connectivity index (χ1v) is 52.7. The fourth-order valence-electron chi connectivity index (χ4n) is 15.1. The van der Waals surface area contributed by atoms with Gasteiger partial charge in [0.05, 0.1) is 110 Å². The molecule has 0 aliphatic carbocycles. The van der Waals surface area contributed by atoms with Crippen LogP contribution in [0.3, 0.4) is 0 Å². The Kier molecular flexibility index (Phi) is 35.6. The second-order valence-corrected chi connectivity index (χ2v) is 43.4. The third-order valence-electron chi connectivity index (χ3n) is 21.0. The number of nitrogens with one attached hydrogen (secondary N) is 3. The molecule has 3 aliphatic rings. The third-order valence-corrected chi connectivity index (χ3v) is 29.8. The van der Waals surface area contributed by atoms with E-state index in [9.17, 15) is 131 Å². The van der Waals surface area contributed by atoms with Gasteiger partial charge in [-0.2, -0.15) is 55.3 Å². The van der Waals surface area contributed by atoms with Crippen LogP contribution in [0, 0.1) is 0 Å². The molecule has 2 amide bonds. The predicted molar refractivity (Wildman–Crippen MR) is 461 cm³/mol. The van der Waals surface area contributed by atoms with Gasteiger partial charge in [-0.15, -0.1) is 0 Å². The number of unbranched alkanes of at least 4 members (excludes halogenated alkanes) is 1. The number of hydrogen-bond donors (Lipinski definition) is 14. The van der Waals surface area contributed by atoms with E-state index in [0.29, 0.717) is 69.9 Å². The minimum atomic E-state index is -5.88. The lowest BCUT2D eigenvalue weighted by atomic mass is 9.74. The van der Waals surface area contributed by atoms with Gasteiger partial charge in [0.2, 0.25) is 17.5 Å². The molecular weight excluding hydrogens is 1910 g/mol. The summed E-state index contributed by atoms with van der Waals surface area (Å²) in [6, 6.07) is 15.9. The number of aromatic nitrogens is 2. The van der Waals surface area contributed by atoms with Crippen molar-refractivity contribution in [3.05, 3.63) is 164 Å². The first-order valence-electron chi connectivity index (χ1n) is 39.2. The highest BCUT2D eigenvalue weighted by molar-refractivity contribution is 7.87. The van der Waals surface area contributed by atoms with Crippen LogP contribution in [0.4, 0.5) is 11.4 Å². The van der Waals surface area contributed by atoms with E-state index in [0.717, 1.165) is 23.9 Å². The van der Waals surface area contributed by atoms with E-state index in [4.69, 9.17) is 38.2 Å². The van der Waals surface area contributed by atoms with Crippen LogP contribution in [-0.2, 0) is 143 Å². The number of phosphoric ester groups is 1. The molecule has 14 N–H and O–H groups in total. The normalized spacial score (nSPS) is 20.3. The summed E-state index contributed by atoms with van der Waals surface area (Å²) < 4.78 is 297. The highest BCUT2D eigenvalue weighted by Gasteiger charge is 2.51. The number of aliphatic hydroxyl groups excluding tert-OH is 2. The Morgan fingerprint density at radius 2 is 1.15 bits per heavy atom. The minimum absolute atomic E-state index is 0.0228. The van der Waals surface area contributed by atoms with E-state index in [-0.39, 0.29) is 162 Å². The van der Waals surface area contributed by atoms with Crippen LogP contribution in [-0.4, -0.2) is 269 Å². The van der Waals surface area contributed by atoms with Gasteiger partial charge in [0.15, 0.2) is 11.9 Å². The molecule has 5 aromatic carbocycles. The minimum Gasteiger partial charge on any atom is -0.744 e. The van der Waals surface area contributed by atoms with Gasteiger partial charge in [-0.1, -0.05) is 48.6 Å². The summed E-state index contributed by atoms with van der Waals surface area (Å²) in [5.74, 6) is -2.19. The Morgan fingerprint density at radius 1 is 0.615 bits per heavy atom. The topological polar surface area (TPSA) is 704 Å². The van der Waals surface area contributed by atoms with Crippen LogP contribution < -0.4 is 26.8 Å². The third kappa shape index (κ3) is 28.9. The van der Waals surface area contributed by atoms with Crippen molar-refractivity contribution in [2.45, 2.75) is 127 Å². The number of nitrogens with zero attached hydrogens (tertiary/aromatic N) is 3. The summed E-state index contributed by atoms with van der Waals surface area (Å²) >= 11 is 0. The molecule has 1 aromatic heterocycles. The maximum Gasteiger partial charge on any atom is 0.490 e. The number of fused-ring (bicyclic) bond motifs is 6. The molecule has 718 valence electrons. The maximum absolute atomic E-state index is 12.9. The fraction of sp³-hybridized carbons (Fsp3) is 0.453. The van der Waals surface area contributed by atoms with E-state index >= 15 is 0 Å². The Balaban J connectivity index is 0.737. The lowest BCUT2D eigenvalue weighted by Crippen LogP contribution is -2.38. The van der Waals surface area contributed by atoms with E-state index < -0.39 is 174 Å². The molecule has 9 rings (SSSR count). The number of aromatic amines is 1. The van der Waals surface area contributed by atoms with Gasteiger partial charge in [-0.25, -0.2) is 26.9 Å². The van der Waals surface area contributed by atoms with Crippen LogP contribution >= 0.6 is 23.5 Å². The zero-order chi connectivity index (χ0) is 96.1. The molecule has 8 atom stereocenters. The smallest absolute Gasteiger partial charge is 0.490 e. The molecule has 55 heteroatoms. The highest BCUT2D eigenvalue weighted by atomic mass is 32.2. The second-order valence-electron chi connectivity index (χ2n) is 30.2. The van der Waals surface area contributed by atoms with Gasteiger partial charge in [-0.05, 0) is 146 Å². The number of anilines is 1. The molecule has 3 aliphatic heterocycles. The first-order chi connectivity index (χ1) is 60.4. The number of benzene rings is 5. The first kappa shape index (κ1) is 106. The number of carbonyl (C=O) groups is 2. The lowest BCUT2D eigenvalue weighted by Gasteiger charge is -2.29. The zero-order valence-electron chi connectivity index (χ0n) is 69.6. The molecule has 6 aromatic rings. The number of carbonyl (C=O) groups excluding carboxylic acids is 2. The Hall–Kier alpha value is -7.78. The van der Waals surface area contributed by atoms with Gasteiger partial charge in [-0.3, -0.25) is 51.2 Å². The van der Waals surface area contributed by atoms with Crippen molar-refractivity contribution in [3.63, 3.8) is 0 Å². The number of likely N-dealkylation sites (N-methyl/N-ethyl adjacent to an activating group) is 1. The maximum atomic E-state index is 12.9. The molecule has 0 radical (unpaired) electrons. The van der Waals surface area contributed by atoms with Crippen molar-refractivity contribution in [2.75, 3.05) is 116 Å². The summed E-state index contributed by atoms with van der Waals surface area (Å²) in [7, 11) is -44.2. The Morgan fingerprint density at radius 3 is 1.72 bits per heavy atom. The Labute approximate surface area is 745 Å². The molecule has 0 spiro atoms. The lowest BCUT2D eigenvalue weighted by molar-refractivity contribution is -0.401. The highest BCUT2D eigenvalue weighted by Crippen LogP contribution is 2.66. The number of amides is 2. The number of ether oxygens (including phenoxy) is 6. The molecule has 4 unspecified atom stereocenters. The number of rotatable bonds is 50. The molecular formula is C75H97N6O40P3S6. The Bertz CT molecular complexity index is 6420. The molecule has 1 fully saturated rings. The van der Waals surface area contributed by atoms with Crippen LogP contribution in [0.2, 0.25) is 0 Å². The van der Waals surface area contributed by atoms with E-state index in [1.165, 1.54) is 36.4 Å². The van der Waals surface area contributed by atoms with Crippen LogP contribution in [0.25, 0.3) is 33.2 Å².